The van der Waals surface area contributed by atoms with E-state index in [2.05, 4.69) is 22.9 Å². The van der Waals surface area contributed by atoms with Crippen LogP contribution in [0.2, 0.25) is 1.41 Å². The quantitative estimate of drug-likeness (QED) is 0.0428. The maximum Gasteiger partial charge on any atom is 0.407 e. The molecule has 302 valence electrons. The largest absolute Gasteiger partial charge is 0.480 e. The van der Waals surface area contributed by atoms with Gasteiger partial charge in [0.05, 0.1) is 0 Å². The van der Waals surface area contributed by atoms with Crippen LogP contribution in [0.3, 0.4) is 0 Å². The summed E-state index contributed by atoms with van der Waals surface area (Å²) in [7, 11) is 0. The van der Waals surface area contributed by atoms with Crippen LogP contribution >= 0.6 is 0 Å². The van der Waals surface area contributed by atoms with Crippen molar-refractivity contribution in [2.24, 2.45) is 17.2 Å². The van der Waals surface area contributed by atoms with E-state index in [1.165, 1.54) is 39.0 Å². The molecular formula is C37H59N7O10. The first kappa shape index (κ1) is 45.1. The Morgan fingerprint density at radius 1 is 0.778 bits per heavy atom. The summed E-state index contributed by atoms with van der Waals surface area (Å²) in [5.74, 6) is -6.69. The zero-order chi connectivity index (χ0) is 41.4. The minimum atomic E-state index is -2.48. The van der Waals surface area contributed by atoms with Crippen LogP contribution in [-0.4, -0.2) is 82.7 Å². The first-order chi connectivity index (χ1) is 26.0. The molecule has 0 bridgehead atoms. The molecule has 4 atom stereocenters. The van der Waals surface area contributed by atoms with Crippen molar-refractivity contribution in [1.82, 2.24) is 21.3 Å². The van der Waals surface area contributed by atoms with Crippen molar-refractivity contribution in [1.29, 1.82) is 0 Å². The van der Waals surface area contributed by atoms with E-state index in [1.54, 1.807) is 30.3 Å². The van der Waals surface area contributed by atoms with E-state index in [-0.39, 0.29) is 43.5 Å². The summed E-state index contributed by atoms with van der Waals surface area (Å²) in [6, 6.07) is 4.85. The molecule has 6 amide bonds. The molecular weight excluding hydrogens is 702 g/mol. The Bertz CT molecular complexity index is 1430. The summed E-state index contributed by atoms with van der Waals surface area (Å²) < 4.78 is 12.7. The Morgan fingerprint density at radius 2 is 1.35 bits per heavy atom. The van der Waals surface area contributed by atoms with Crippen LogP contribution in [0.4, 0.5) is 4.79 Å². The smallest absolute Gasteiger partial charge is 0.407 e. The molecule has 1 aromatic rings. The van der Waals surface area contributed by atoms with Gasteiger partial charge < -0.3 is 48.3 Å². The van der Waals surface area contributed by atoms with Gasteiger partial charge in [-0.15, -0.1) is 0 Å². The number of hydrogen-bond donors (Lipinski definition) is 8. The lowest BCUT2D eigenvalue weighted by Crippen LogP contribution is -2.56. The fourth-order valence-electron chi connectivity index (χ4n) is 5.43. The third kappa shape index (κ3) is 19.1. The number of carbonyl (C=O) groups is 8. The molecule has 54 heavy (non-hydrogen) atoms. The molecule has 2 unspecified atom stereocenters. The van der Waals surface area contributed by atoms with Crippen LogP contribution in [-0.2, 0) is 44.9 Å². The van der Waals surface area contributed by atoms with Gasteiger partial charge in [-0.2, -0.15) is 0 Å². The summed E-state index contributed by atoms with van der Waals surface area (Å²) >= 11 is 0. The predicted molar refractivity (Wildman–Crippen MR) is 199 cm³/mol. The van der Waals surface area contributed by atoms with Crippen molar-refractivity contribution in [2.45, 2.75) is 140 Å². The number of amides is 6. The number of nitrogens with two attached hydrogens (primary N) is 3. The number of ether oxygens (including phenoxy) is 1. The Kier molecular flexibility index (Phi) is 21.6. The highest BCUT2D eigenvalue weighted by Crippen LogP contribution is 2.18. The van der Waals surface area contributed by atoms with Crippen molar-refractivity contribution in [3.05, 3.63) is 35.9 Å². The maximum absolute atomic E-state index is 13.1. The third-order valence-corrected chi connectivity index (χ3v) is 8.78. The van der Waals surface area contributed by atoms with Crippen LogP contribution in [0.1, 0.15) is 116 Å². The first-order valence-electron chi connectivity index (χ1n) is 19.0. The van der Waals surface area contributed by atoms with Crippen LogP contribution in [0.5, 0.6) is 0 Å². The highest BCUT2D eigenvalue weighted by atomic mass is 16.5. The first-order valence-corrected chi connectivity index (χ1v) is 18.5. The number of hydrogen-bond acceptors (Lipinski definition) is 10. The van der Waals surface area contributed by atoms with E-state index in [4.69, 9.17) is 23.3 Å². The van der Waals surface area contributed by atoms with Crippen molar-refractivity contribution in [3.8, 4) is 0 Å². The van der Waals surface area contributed by atoms with Crippen LogP contribution in [0, 0.1) is 0 Å². The van der Waals surface area contributed by atoms with Gasteiger partial charge in [-0.1, -0.05) is 88.6 Å². The molecule has 0 saturated heterocycles. The fraction of sp³-hybridized carbons (Fsp3) is 0.622. The number of carboxylic acids is 1. The summed E-state index contributed by atoms with van der Waals surface area (Å²) in [5, 5.41) is 17.3. The summed E-state index contributed by atoms with van der Waals surface area (Å²) in [5.41, 5.74) is 15.0. The van der Waals surface area contributed by atoms with Crippen LogP contribution in [0.25, 0.3) is 0 Å². The molecule has 11 N–H and O–H groups in total. The number of alkyl carbamates (subject to hydrolysis) is 1. The molecule has 0 heterocycles. The Balaban J connectivity index is 2.60. The van der Waals surface area contributed by atoms with Gasteiger partial charge in [0, 0.05) is 12.8 Å². The number of primary amides is 2. The topological polar surface area (TPSA) is 292 Å². The van der Waals surface area contributed by atoms with Gasteiger partial charge in [-0.25, -0.2) is 9.59 Å². The minimum Gasteiger partial charge on any atom is -0.480 e. The zero-order valence-electron chi connectivity index (χ0n) is 32.4. The van der Waals surface area contributed by atoms with E-state index in [1.807, 2.05) is 0 Å². The molecule has 0 spiro atoms. The van der Waals surface area contributed by atoms with E-state index >= 15 is 0 Å². The lowest BCUT2D eigenvalue weighted by Gasteiger charge is -2.25. The summed E-state index contributed by atoms with van der Waals surface area (Å²) in [4.78, 5) is 99.0. The van der Waals surface area contributed by atoms with E-state index in [0.717, 1.165) is 19.3 Å². The normalized spacial score (nSPS) is 13.9. The summed E-state index contributed by atoms with van der Waals surface area (Å²) in [6.45, 7) is 2.64. The Labute approximate surface area is 318 Å². The summed E-state index contributed by atoms with van der Waals surface area (Å²) in [6.07, 6.45) is 6.94. The molecule has 0 radical (unpaired) electrons. The predicted octanol–water partition coefficient (Wildman–Crippen LogP) is 1.58. The lowest BCUT2D eigenvalue weighted by atomic mass is 9.85. The molecule has 0 aliphatic heterocycles. The van der Waals surface area contributed by atoms with E-state index in [0.29, 0.717) is 12.0 Å². The molecule has 0 aliphatic rings. The number of carboxylic acid groups (broad SMARTS) is 1. The van der Waals surface area contributed by atoms with Crippen LogP contribution in [0.15, 0.2) is 30.3 Å². The highest BCUT2D eigenvalue weighted by molar-refractivity contribution is 6.07. The van der Waals surface area contributed by atoms with Gasteiger partial charge in [0.15, 0.2) is 12.7 Å². The standard InChI is InChI=1S/C37H59N7O10/c1-3-4-5-6-7-8-9-10-14-19-30(46)42-25(2)34(50)44-28(33(39)49)20-21-29(45)37(40,35(51)52)22-15-18-27(32(38)48)43-31(47)23-41-36(53)54-24-26-16-12-11-13-17-26/h11-13,16-17,25,27-28H,3-10,14-15,18-24,40H2,1-2H3,(H2,38,48)(H2,39,49)(H,41,53)(H,42,46)(H,43,47)(H,44,50)(H,51,52)/t25-,27?,28+,37?/m0/s1/i/hD. The van der Waals surface area contributed by atoms with E-state index in [9.17, 15) is 43.5 Å². The fourth-order valence-corrected chi connectivity index (χ4v) is 5.43. The number of aliphatic carboxylic acids is 1. The maximum atomic E-state index is 13.1. The van der Waals surface area contributed by atoms with Gasteiger partial charge in [-0.05, 0) is 44.6 Å². The number of unbranched alkanes of at least 4 members (excludes halogenated alkanes) is 8. The zero-order valence-corrected chi connectivity index (χ0v) is 31.4. The second-order valence-corrected chi connectivity index (χ2v) is 13.3. The van der Waals surface area contributed by atoms with Crippen molar-refractivity contribution < 1.29 is 49.6 Å². The molecule has 0 aliphatic carbocycles. The number of Topliss-reactive ketones (excluding diaryl/α,β-unsaturated/α-hetero) is 1. The highest BCUT2D eigenvalue weighted by Gasteiger charge is 2.41. The van der Waals surface area contributed by atoms with Gasteiger partial charge >= 0.3 is 12.1 Å². The second-order valence-electron chi connectivity index (χ2n) is 13.3. The second kappa shape index (κ2) is 25.8. The third-order valence-electron chi connectivity index (χ3n) is 8.78. The van der Waals surface area contributed by atoms with Gasteiger partial charge in [0.1, 0.15) is 31.3 Å². The minimum absolute atomic E-state index is 0.139. The van der Waals surface area contributed by atoms with Gasteiger partial charge in [0.25, 0.3) is 0 Å². The average molecular weight is 763 g/mol. The van der Waals surface area contributed by atoms with Crippen LogP contribution < -0.4 is 38.5 Å². The van der Waals surface area contributed by atoms with Crippen molar-refractivity contribution >= 4 is 47.4 Å². The Hall–Kier alpha value is -5.06. The molecule has 0 saturated carbocycles. The molecule has 1 aromatic carbocycles. The molecule has 17 nitrogen and oxygen atoms in total. The molecule has 1 rings (SSSR count). The van der Waals surface area contributed by atoms with Crippen molar-refractivity contribution in [2.75, 3.05) is 6.54 Å². The van der Waals surface area contributed by atoms with E-state index < -0.39 is 84.5 Å². The van der Waals surface area contributed by atoms with Crippen molar-refractivity contribution in [3.63, 3.8) is 0 Å². The number of benzene rings is 1. The molecule has 0 aromatic heterocycles. The molecule has 17 heteroatoms. The number of rotatable bonds is 29. The van der Waals surface area contributed by atoms with Gasteiger partial charge in [0.2, 0.25) is 29.5 Å². The Morgan fingerprint density at radius 3 is 1.93 bits per heavy atom. The van der Waals surface area contributed by atoms with Gasteiger partial charge in [-0.3, -0.25) is 28.8 Å². The number of nitrogens with one attached hydrogen (secondary N) is 4. The lowest BCUT2D eigenvalue weighted by molar-refractivity contribution is -0.149. The number of ketones is 1. The number of carbonyl (C=O) groups excluding carboxylic acids is 7. The monoisotopic (exact) mass is 762 g/mol. The molecule has 0 fully saturated rings. The average Bonchev–Trinajstić information content (AvgIpc) is 3.13. The SMILES string of the molecule is [2H]N(CC(=O)NC(CCCC(N)(C(=O)O)C(=O)CC[C@@H](NC(=O)[C@H](C)NC(=O)CCCCCCCCCCC)C(N)=O)C(N)=O)C(=O)OCc1ccccc1.